The van der Waals surface area contributed by atoms with Crippen molar-refractivity contribution in [2.75, 3.05) is 0 Å². The van der Waals surface area contributed by atoms with Crippen molar-refractivity contribution >= 4 is 34.4 Å². The van der Waals surface area contributed by atoms with E-state index in [1.807, 2.05) is 0 Å². The fraction of sp³-hybridized carbons (Fsp3) is 0. The molecule has 3 nitrogen and oxygen atoms in total. The molecule has 0 heterocycles. The van der Waals surface area contributed by atoms with E-state index in [0.717, 1.165) is 17.3 Å². The molecule has 0 spiro atoms. The standard InChI is InChI=1S/C3H2N2OS2.K/c4-1-5-2-8-3(6)7;/h2H,(H,6,7);/q;+1/p-1. The average Bonchev–Trinajstić information content (AvgIpc) is 1.66. The van der Waals surface area contributed by atoms with Gasteiger partial charge in [-0.15, -0.1) is 0 Å². The molecular weight excluding hydrogens is 183 g/mol. The molecule has 0 saturated carbocycles. The Morgan fingerprint density at radius 3 is 2.78 bits per heavy atom. The van der Waals surface area contributed by atoms with Crippen LogP contribution >= 0.6 is 11.8 Å². The molecule has 0 aliphatic heterocycles. The SMILES string of the molecule is N#CN=CSC(=O)[S-].[K+]. The predicted molar refractivity (Wildman–Crippen MR) is 34.5 cm³/mol. The Morgan fingerprint density at radius 1 is 1.89 bits per heavy atom. The first kappa shape index (κ1) is 12.7. The molecule has 0 unspecified atom stereocenters. The summed E-state index contributed by atoms with van der Waals surface area (Å²) in [5.74, 6) is 0. The number of rotatable bonds is 1. The molecule has 0 aliphatic rings. The summed E-state index contributed by atoms with van der Waals surface area (Å²) in [5, 5.41) is 7.77. The van der Waals surface area contributed by atoms with Crippen molar-refractivity contribution in [1.82, 2.24) is 0 Å². The molecule has 0 bridgehead atoms. The van der Waals surface area contributed by atoms with Crippen LogP contribution in [-0.2, 0) is 12.6 Å². The first-order valence-corrected chi connectivity index (χ1v) is 2.84. The molecular formula is C3HKN2OS2. The van der Waals surface area contributed by atoms with E-state index in [1.54, 1.807) is 0 Å². The normalized spacial score (nSPS) is 7.89. The summed E-state index contributed by atoms with van der Waals surface area (Å²) in [7, 11) is 0. The minimum absolute atomic E-state index is 0. The van der Waals surface area contributed by atoms with E-state index in [4.69, 9.17) is 5.26 Å². The van der Waals surface area contributed by atoms with Gasteiger partial charge in [0.25, 0.3) is 0 Å². The van der Waals surface area contributed by atoms with Gasteiger partial charge in [0.05, 0.1) is 9.99 Å². The number of nitriles is 1. The van der Waals surface area contributed by atoms with Gasteiger partial charge in [0.1, 0.15) is 0 Å². The van der Waals surface area contributed by atoms with Gasteiger partial charge >= 0.3 is 51.4 Å². The molecule has 0 aromatic carbocycles. The van der Waals surface area contributed by atoms with Gasteiger partial charge in [0.15, 0.2) is 0 Å². The van der Waals surface area contributed by atoms with Gasteiger partial charge in [-0.2, -0.15) is 10.3 Å². The van der Waals surface area contributed by atoms with Gasteiger partial charge < -0.3 is 17.4 Å². The Labute approximate surface area is 105 Å². The fourth-order valence-corrected chi connectivity index (χ4v) is 0.408. The maximum Gasteiger partial charge on any atom is 1.00 e. The third kappa shape index (κ3) is 12.3. The molecule has 0 aliphatic carbocycles. The molecule has 0 amide bonds. The van der Waals surface area contributed by atoms with Gasteiger partial charge in [-0.3, -0.25) is 0 Å². The summed E-state index contributed by atoms with van der Waals surface area (Å²) in [4.78, 5) is 13.0. The quantitative estimate of drug-likeness (QED) is 0.154. The molecule has 9 heavy (non-hydrogen) atoms. The van der Waals surface area contributed by atoms with Crippen LogP contribution in [0.2, 0.25) is 0 Å². The molecule has 0 saturated heterocycles. The predicted octanol–water partition coefficient (Wildman–Crippen LogP) is -2.10. The first-order valence-electron chi connectivity index (χ1n) is 1.55. The van der Waals surface area contributed by atoms with Crippen LogP contribution in [0.3, 0.4) is 0 Å². The largest absolute Gasteiger partial charge is 1.00 e. The van der Waals surface area contributed by atoms with E-state index in [0.29, 0.717) is 0 Å². The Hall–Kier alpha value is 1.04. The molecule has 0 aromatic rings. The first-order chi connectivity index (χ1) is 3.77. The maximum atomic E-state index is 9.90. The fourth-order valence-electron chi connectivity index (χ4n) is 0.0930. The van der Waals surface area contributed by atoms with Crippen LogP contribution in [0.4, 0.5) is 4.79 Å². The van der Waals surface area contributed by atoms with Crippen LogP contribution in [0.15, 0.2) is 4.99 Å². The zero-order valence-electron chi connectivity index (χ0n) is 4.70. The average molecular weight is 184 g/mol. The van der Waals surface area contributed by atoms with E-state index in [2.05, 4.69) is 17.6 Å². The van der Waals surface area contributed by atoms with Crippen molar-refractivity contribution < 1.29 is 56.2 Å². The van der Waals surface area contributed by atoms with Crippen molar-refractivity contribution in [2.24, 2.45) is 4.99 Å². The molecule has 0 rings (SSSR count). The topological polar surface area (TPSA) is 53.2 Å². The van der Waals surface area contributed by atoms with Crippen LogP contribution in [-0.4, -0.2) is 9.99 Å². The van der Waals surface area contributed by atoms with E-state index in [1.165, 1.54) is 6.19 Å². The third-order valence-electron chi connectivity index (χ3n) is 0.259. The van der Waals surface area contributed by atoms with Gasteiger partial charge in [0.2, 0.25) is 6.19 Å². The Kier molecular flexibility index (Phi) is 12.7. The zero-order chi connectivity index (χ0) is 6.41. The molecule has 0 radical (unpaired) electrons. The Balaban J connectivity index is 0. The molecule has 6 heteroatoms. The van der Waals surface area contributed by atoms with Crippen LogP contribution in [0.1, 0.15) is 0 Å². The molecule has 0 atom stereocenters. The summed E-state index contributed by atoms with van der Waals surface area (Å²) < 4.78 is -0.482. The number of carbonyl (C=O) groups is 1. The van der Waals surface area contributed by atoms with E-state index in [-0.39, 0.29) is 51.4 Å². The Morgan fingerprint density at radius 2 is 2.44 bits per heavy atom. The number of hydrogen-bond acceptors (Lipinski definition) is 5. The van der Waals surface area contributed by atoms with Crippen molar-refractivity contribution in [2.45, 2.75) is 0 Å². The summed E-state index contributed by atoms with van der Waals surface area (Å²) in [6.07, 6.45) is 1.47. The third-order valence-corrected chi connectivity index (χ3v) is 0.951. The zero-order valence-corrected chi connectivity index (χ0v) is 9.45. The van der Waals surface area contributed by atoms with Crippen LogP contribution in [0.25, 0.3) is 0 Å². The van der Waals surface area contributed by atoms with E-state index < -0.39 is 4.45 Å². The smallest absolute Gasteiger partial charge is 0.730 e. The Bertz CT molecular complexity index is 152. The second-order valence-electron chi connectivity index (χ2n) is 0.702. The van der Waals surface area contributed by atoms with Gasteiger partial charge in [-0.1, -0.05) is 11.8 Å². The van der Waals surface area contributed by atoms with Crippen molar-refractivity contribution in [3.8, 4) is 6.19 Å². The monoisotopic (exact) mass is 184 g/mol. The number of thioether (sulfide) groups is 1. The van der Waals surface area contributed by atoms with Crippen LogP contribution < -0.4 is 51.4 Å². The van der Waals surface area contributed by atoms with E-state index >= 15 is 0 Å². The molecule has 0 fully saturated rings. The molecule has 42 valence electrons. The van der Waals surface area contributed by atoms with Crippen molar-refractivity contribution in [3.63, 3.8) is 0 Å². The number of carbonyl (C=O) groups excluding carboxylic acids is 1. The maximum absolute atomic E-state index is 9.90. The van der Waals surface area contributed by atoms with Crippen molar-refractivity contribution in [1.29, 1.82) is 5.26 Å². The number of nitrogens with zero attached hydrogens (tertiary/aromatic N) is 2. The van der Waals surface area contributed by atoms with Crippen LogP contribution in [0, 0.1) is 11.5 Å². The minimum Gasteiger partial charge on any atom is -0.730 e. The van der Waals surface area contributed by atoms with Crippen molar-refractivity contribution in [3.05, 3.63) is 0 Å². The second-order valence-corrected chi connectivity index (χ2v) is 2.15. The molecule has 0 N–H and O–H groups in total. The van der Waals surface area contributed by atoms with E-state index in [9.17, 15) is 4.79 Å². The van der Waals surface area contributed by atoms with Crippen LogP contribution in [0.5, 0.6) is 0 Å². The summed E-state index contributed by atoms with van der Waals surface area (Å²) in [6, 6.07) is 0. The summed E-state index contributed by atoms with van der Waals surface area (Å²) >= 11 is 4.83. The summed E-state index contributed by atoms with van der Waals surface area (Å²) in [5.41, 5.74) is 1.11. The number of aliphatic imine (C=N–C) groups is 1. The summed E-state index contributed by atoms with van der Waals surface area (Å²) in [6.45, 7) is 0. The number of hydrogen-bond donors (Lipinski definition) is 0. The second kappa shape index (κ2) is 9.04. The van der Waals surface area contributed by atoms with Gasteiger partial charge in [-0.25, -0.2) is 0 Å². The minimum atomic E-state index is -0.482. The van der Waals surface area contributed by atoms with Gasteiger partial charge in [0, 0.05) is 0 Å². The van der Waals surface area contributed by atoms with Gasteiger partial charge in [-0.05, 0) is 0 Å². The molecule has 0 aromatic heterocycles.